The van der Waals surface area contributed by atoms with Crippen LogP contribution in [-0.2, 0) is 40.8 Å². The van der Waals surface area contributed by atoms with Gasteiger partial charge in [-0.1, -0.05) is 20.4 Å². The predicted octanol–water partition coefficient (Wildman–Crippen LogP) is 3.65. The SMILES string of the molecule is C=CC(=O)Nc1cc(Nc2nc(-c3ccnc(N4CCn5c(cc6c5CC(C)(C)C6)C4=O)c3C)cn(C)c2=O)ccc1N1CCN(C2COC2)CC1=O. The molecule has 3 aromatic heterocycles. The Morgan fingerprint density at radius 3 is 2.57 bits per heavy atom. The van der Waals surface area contributed by atoms with Gasteiger partial charge in [0.1, 0.15) is 11.5 Å². The molecule has 4 aliphatic rings. The van der Waals surface area contributed by atoms with Gasteiger partial charge in [-0.3, -0.25) is 29.0 Å². The van der Waals surface area contributed by atoms with E-state index in [-0.39, 0.29) is 41.2 Å². The van der Waals surface area contributed by atoms with Crippen LogP contribution in [0.25, 0.3) is 11.3 Å². The highest BCUT2D eigenvalue weighted by Crippen LogP contribution is 2.40. The second-order valence-electron chi connectivity index (χ2n) is 15.1. The van der Waals surface area contributed by atoms with Gasteiger partial charge in [0.2, 0.25) is 11.8 Å². The third-order valence-corrected chi connectivity index (χ3v) is 10.8. The van der Waals surface area contributed by atoms with Crippen LogP contribution < -0.4 is 26.0 Å². The van der Waals surface area contributed by atoms with Crippen molar-refractivity contribution in [3.8, 4) is 11.3 Å². The monoisotopic (exact) mass is 717 g/mol. The number of carbonyl (C=O) groups excluding carboxylic acids is 3. The van der Waals surface area contributed by atoms with Crippen LogP contribution in [-0.4, -0.2) is 87.2 Å². The Morgan fingerprint density at radius 1 is 1.04 bits per heavy atom. The van der Waals surface area contributed by atoms with E-state index in [2.05, 4.69) is 51.6 Å². The lowest BCUT2D eigenvalue weighted by Crippen LogP contribution is -2.58. The molecule has 2 saturated heterocycles. The quantitative estimate of drug-likeness (QED) is 0.261. The lowest BCUT2D eigenvalue weighted by Gasteiger charge is -2.42. The molecule has 3 amide bonds. The Kier molecular flexibility index (Phi) is 8.53. The summed E-state index contributed by atoms with van der Waals surface area (Å²) < 4.78 is 8.94. The summed E-state index contributed by atoms with van der Waals surface area (Å²) in [5, 5.41) is 5.97. The number of pyridine rings is 1. The predicted molar refractivity (Wildman–Crippen MR) is 202 cm³/mol. The Balaban J connectivity index is 1.07. The Morgan fingerprint density at radius 2 is 1.83 bits per heavy atom. The van der Waals surface area contributed by atoms with Crippen LogP contribution in [0.3, 0.4) is 0 Å². The Labute approximate surface area is 307 Å². The molecule has 2 N–H and O–H groups in total. The molecule has 6 heterocycles. The molecule has 4 aromatic rings. The highest BCUT2D eigenvalue weighted by molar-refractivity contribution is 6.07. The molecule has 53 heavy (non-hydrogen) atoms. The molecule has 0 radical (unpaired) electrons. The fourth-order valence-electron chi connectivity index (χ4n) is 7.97. The highest BCUT2D eigenvalue weighted by atomic mass is 16.5. The number of nitrogens with one attached hydrogen (secondary N) is 2. The molecule has 14 nitrogen and oxygen atoms in total. The summed E-state index contributed by atoms with van der Waals surface area (Å²) >= 11 is 0. The van der Waals surface area contributed by atoms with Crippen molar-refractivity contribution in [2.75, 3.05) is 59.8 Å². The van der Waals surface area contributed by atoms with E-state index in [1.165, 1.54) is 15.8 Å². The van der Waals surface area contributed by atoms with Crippen molar-refractivity contribution in [3.63, 3.8) is 0 Å². The normalized spacial score (nSPS) is 18.4. The van der Waals surface area contributed by atoms with Crippen LogP contribution in [0.2, 0.25) is 0 Å². The average molecular weight is 718 g/mol. The molecular formula is C39H43N9O5. The van der Waals surface area contributed by atoms with E-state index < -0.39 is 5.91 Å². The minimum atomic E-state index is -0.436. The molecule has 0 bridgehead atoms. The molecule has 0 spiro atoms. The van der Waals surface area contributed by atoms with Gasteiger partial charge < -0.3 is 29.4 Å². The number of anilines is 5. The molecule has 0 unspecified atom stereocenters. The molecule has 3 aliphatic heterocycles. The number of nitrogens with zero attached hydrogens (tertiary/aromatic N) is 7. The minimum Gasteiger partial charge on any atom is -0.378 e. The zero-order valence-electron chi connectivity index (χ0n) is 30.4. The van der Waals surface area contributed by atoms with Crippen molar-refractivity contribution in [2.24, 2.45) is 12.5 Å². The van der Waals surface area contributed by atoms with E-state index in [0.29, 0.717) is 73.7 Å². The van der Waals surface area contributed by atoms with Crippen LogP contribution >= 0.6 is 0 Å². The van der Waals surface area contributed by atoms with Gasteiger partial charge in [0.15, 0.2) is 5.82 Å². The van der Waals surface area contributed by atoms with E-state index in [4.69, 9.17) is 9.72 Å². The largest absolute Gasteiger partial charge is 0.378 e. The number of piperazine rings is 1. The average Bonchev–Trinajstić information content (AvgIpc) is 3.59. The maximum Gasteiger partial charge on any atom is 0.293 e. The molecule has 0 atom stereocenters. The number of aromatic nitrogens is 4. The van der Waals surface area contributed by atoms with Crippen LogP contribution in [0.5, 0.6) is 0 Å². The number of rotatable bonds is 8. The van der Waals surface area contributed by atoms with Crippen molar-refractivity contribution >= 4 is 46.4 Å². The van der Waals surface area contributed by atoms with Crippen molar-refractivity contribution < 1.29 is 19.1 Å². The maximum absolute atomic E-state index is 13.9. The number of ether oxygens (including phenoxy) is 1. The van der Waals surface area contributed by atoms with Gasteiger partial charge in [-0.15, -0.1) is 0 Å². The van der Waals surface area contributed by atoms with Crippen LogP contribution in [0.15, 0.2) is 60.2 Å². The van der Waals surface area contributed by atoms with Crippen molar-refractivity contribution in [1.29, 1.82) is 0 Å². The minimum absolute atomic E-state index is 0.0632. The number of fused-ring (bicyclic) bond motifs is 3. The lowest BCUT2D eigenvalue weighted by atomic mass is 9.90. The van der Waals surface area contributed by atoms with E-state index in [1.807, 2.05) is 13.0 Å². The van der Waals surface area contributed by atoms with Gasteiger partial charge in [0, 0.05) is 68.1 Å². The molecule has 1 aliphatic carbocycles. The zero-order valence-corrected chi connectivity index (χ0v) is 30.4. The molecule has 1 aromatic carbocycles. The van der Waals surface area contributed by atoms with Gasteiger partial charge in [-0.05, 0) is 67.2 Å². The lowest BCUT2D eigenvalue weighted by molar-refractivity contribution is -0.127. The molecule has 0 saturated carbocycles. The fraction of sp³-hybridized carbons (Fsp3) is 0.385. The zero-order chi connectivity index (χ0) is 37.2. The number of hydrogen-bond acceptors (Lipinski definition) is 9. The van der Waals surface area contributed by atoms with Crippen LogP contribution in [0.1, 0.15) is 41.2 Å². The van der Waals surface area contributed by atoms with Gasteiger partial charge >= 0.3 is 0 Å². The van der Waals surface area contributed by atoms with E-state index in [1.54, 1.807) is 47.4 Å². The fourth-order valence-corrected chi connectivity index (χ4v) is 7.97. The number of amides is 3. The second-order valence-corrected chi connectivity index (χ2v) is 15.1. The molecule has 8 rings (SSSR count). The van der Waals surface area contributed by atoms with Gasteiger partial charge in [-0.25, -0.2) is 9.97 Å². The number of carbonyl (C=O) groups is 3. The first-order chi connectivity index (χ1) is 25.4. The van der Waals surface area contributed by atoms with Crippen LogP contribution in [0.4, 0.5) is 28.7 Å². The second kappa shape index (κ2) is 13.1. The van der Waals surface area contributed by atoms with Crippen molar-refractivity contribution in [1.82, 2.24) is 24.0 Å². The van der Waals surface area contributed by atoms with E-state index >= 15 is 0 Å². The Hall–Kier alpha value is -5.60. The summed E-state index contributed by atoms with van der Waals surface area (Å²) in [6.45, 7) is 13.8. The number of hydrogen-bond donors (Lipinski definition) is 2. The topological polar surface area (TPSA) is 147 Å². The van der Waals surface area contributed by atoms with Crippen LogP contribution in [0, 0.1) is 12.3 Å². The number of aryl methyl sites for hydroxylation is 1. The molecule has 14 heteroatoms. The molecular weight excluding hydrogens is 674 g/mol. The van der Waals surface area contributed by atoms with Crippen molar-refractivity contribution in [2.45, 2.75) is 46.2 Å². The summed E-state index contributed by atoms with van der Waals surface area (Å²) in [5.41, 5.74) is 6.48. The van der Waals surface area contributed by atoms with E-state index in [9.17, 15) is 19.2 Å². The van der Waals surface area contributed by atoms with Gasteiger partial charge in [-0.2, -0.15) is 0 Å². The van der Waals surface area contributed by atoms with Gasteiger partial charge in [0.05, 0.1) is 42.9 Å². The first-order valence-electron chi connectivity index (χ1n) is 17.9. The summed E-state index contributed by atoms with van der Waals surface area (Å²) in [7, 11) is 1.65. The standard InChI is InChI=1S/C39H43N9O5/c1-6-33(49)42-28-16-25(7-8-30(28)47-12-11-45(20-34(47)50)26-21-53-22-26)41-35-38(52)44(5)19-29(43-35)27-9-10-40-36(23(27)2)48-14-13-46-31(37(48)51)15-24-17-39(3,4)18-32(24)46/h6-10,15-16,19,26H,1,11-14,17-18,20-22H2,2-5H3,(H,41,43)(H,42,49). The highest BCUT2D eigenvalue weighted by Gasteiger charge is 2.38. The first kappa shape index (κ1) is 34.5. The van der Waals surface area contributed by atoms with E-state index in [0.717, 1.165) is 30.0 Å². The summed E-state index contributed by atoms with van der Waals surface area (Å²) in [4.78, 5) is 68.0. The van der Waals surface area contributed by atoms with Gasteiger partial charge in [0.25, 0.3) is 11.5 Å². The van der Waals surface area contributed by atoms with Crippen molar-refractivity contribution in [3.05, 3.63) is 88.2 Å². The Bertz CT molecular complexity index is 2250. The smallest absolute Gasteiger partial charge is 0.293 e. The molecule has 2 fully saturated rings. The summed E-state index contributed by atoms with van der Waals surface area (Å²) in [6.07, 6.45) is 6.40. The number of benzene rings is 1. The third-order valence-electron chi connectivity index (χ3n) is 10.8. The summed E-state index contributed by atoms with van der Waals surface area (Å²) in [6, 6.07) is 9.29. The first-order valence-corrected chi connectivity index (χ1v) is 17.9. The third kappa shape index (κ3) is 6.21. The molecule has 274 valence electrons. The maximum atomic E-state index is 13.9. The summed E-state index contributed by atoms with van der Waals surface area (Å²) in [5.74, 6) is 0.0236.